The number of nitrogens with zero attached hydrogens (tertiary/aromatic N) is 2. The van der Waals surface area contributed by atoms with E-state index in [2.05, 4.69) is 42.5 Å². The minimum Gasteiger partial charge on any atom is -0.192 e. The van der Waals surface area contributed by atoms with Crippen molar-refractivity contribution in [2.45, 2.75) is 23.8 Å². The summed E-state index contributed by atoms with van der Waals surface area (Å²) in [6.45, 7) is 4.18. The Hall–Kier alpha value is -1.02. The molecule has 0 radical (unpaired) electrons. The summed E-state index contributed by atoms with van der Waals surface area (Å²) in [5, 5.41) is 9.30. The molecule has 0 saturated carbocycles. The molecule has 0 aliphatic carbocycles. The molecule has 0 fully saturated rings. The largest absolute Gasteiger partial charge is 0.192 e. The van der Waals surface area contributed by atoms with Gasteiger partial charge >= 0.3 is 0 Å². The predicted octanol–water partition coefficient (Wildman–Crippen LogP) is 4.58. The van der Waals surface area contributed by atoms with E-state index in [0.717, 1.165) is 9.96 Å². The van der Waals surface area contributed by atoms with E-state index in [-0.39, 0.29) is 0 Å². The molecule has 2 nitrogen and oxygen atoms in total. The van der Waals surface area contributed by atoms with Gasteiger partial charge in [0.05, 0.1) is 0 Å². The summed E-state index contributed by atoms with van der Waals surface area (Å²) in [7, 11) is 0. The number of rotatable bonds is 3. The number of aryl methyl sites for hydroxylation is 2. The molecule has 2 aromatic rings. The van der Waals surface area contributed by atoms with Crippen LogP contribution in [0.1, 0.15) is 22.3 Å². The van der Waals surface area contributed by atoms with Gasteiger partial charge in [0.1, 0.15) is 15.8 Å². The van der Waals surface area contributed by atoms with Gasteiger partial charge in [-0.15, -0.1) is 11.8 Å². The Labute approximate surface area is 120 Å². The van der Waals surface area contributed by atoms with E-state index >= 15 is 0 Å². The van der Waals surface area contributed by atoms with Gasteiger partial charge in [-0.05, 0) is 30.9 Å². The standard InChI is InChI=1S/C13H11ClN2S2/c1-8-3-9(2)5-10(4-8)7-17-13-11(6-15)12(14)16-18-13/h3-5H,7H2,1-2H3. The van der Waals surface area contributed by atoms with Gasteiger partial charge in [0.2, 0.25) is 0 Å². The number of halogens is 1. The Morgan fingerprint density at radius 3 is 2.61 bits per heavy atom. The zero-order valence-corrected chi connectivity index (χ0v) is 12.4. The minimum atomic E-state index is 0.311. The molecule has 1 aromatic carbocycles. The molecule has 92 valence electrons. The highest BCUT2D eigenvalue weighted by Crippen LogP contribution is 2.33. The van der Waals surface area contributed by atoms with E-state index in [1.807, 2.05) is 0 Å². The number of benzene rings is 1. The van der Waals surface area contributed by atoms with Crippen molar-refractivity contribution in [2.24, 2.45) is 0 Å². The average Bonchev–Trinajstić information content (AvgIpc) is 2.66. The van der Waals surface area contributed by atoms with Crippen LogP contribution in [0.2, 0.25) is 5.15 Å². The fourth-order valence-corrected chi connectivity index (χ4v) is 3.84. The maximum atomic E-state index is 8.99. The van der Waals surface area contributed by atoms with Crippen molar-refractivity contribution in [1.82, 2.24) is 4.37 Å². The lowest BCUT2D eigenvalue weighted by Crippen LogP contribution is -1.85. The van der Waals surface area contributed by atoms with Gasteiger partial charge in [0.25, 0.3) is 0 Å². The van der Waals surface area contributed by atoms with Crippen molar-refractivity contribution in [2.75, 3.05) is 0 Å². The van der Waals surface area contributed by atoms with Gasteiger partial charge in [-0.25, -0.2) is 0 Å². The summed E-state index contributed by atoms with van der Waals surface area (Å²) in [6.07, 6.45) is 0. The highest BCUT2D eigenvalue weighted by Gasteiger charge is 2.12. The van der Waals surface area contributed by atoms with Crippen molar-refractivity contribution in [3.8, 4) is 6.07 Å². The van der Waals surface area contributed by atoms with Gasteiger partial charge in [0, 0.05) is 5.75 Å². The monoisotopic (exact) mass is 294 g/mol. The topological polar surface area (TPSA) is 36.7 Å². The van der Waals surface area contributed by atoms with E-state index in [4.69, 9.17) is 16.9 Å². The first-order valence-corrected chi connectivity index (χ1v) is 7.49. The molecule has 0 amide bonds. The molecule has 0 N–H and O–H groups in total. The third-order valence-corrected chi connectivity index (χ3v) is 4.92. The van der Waals surface area contributed by atoms with Crippen LogP contribution >= 0.6 is 34.9 Å². The van der Waals surface area contributed by atoms with Crippen molar-refractivity contribution < 1.29 is 0 Å². The second-order valence-corrected chi connectivity index (χ2v) is 6.41. The van der Waals surface area contributed by atoms with Gasteiger partial charge < -0.3 is 0 Å². The Morgan fingerprint density at radius 1 is 1.33 bits per heavy atom. The lowest BCUT2D eigenvalue weighted by molar-refractivity contribution is 1.30. The van der Waals surface area contributed by atoms with Crippen LogP contribution in [0.5, 0.6) is 0 Å². The van der Waals surface area contributed by atoms with Crippen LogP contribution in [0.15, 0.2) is 22.4 Å². The van der Waals surface area contributed by atoms with Crippen LogP contribution in [0, 0.1) is 25.2 Å². The van der Waals surface area contributed by atoms with Crippen LogP contribution in [0.25, 0.3) is 0 Å². The number of hydrogen-bond donors (Lipinski definition) is 0. The molecule has 0 spiro atoms. The maximum Gasteiger partial charge on any atom is 0.161 e. The lowest BCUT2D eigenvalue weighted by Gasteiger charge is -2.03. The third kappa shape index (κ3) is 3.05. The highest BCUT2D eigenvalue weighted by molar-refractivity contribution is 8.00. The Kier molecular flexibility index (Phi) is 4.28. The molecule has 0 bridgehead atoms. The molecular formula is C13H11ClN2S2. The van der Waals surface area contributed by atoms with Crippen LogP contribution in [0.3, 0.4) is 0 Å². The molecule has 1 heterocycles. The summed E-state index contributed by atoms with van der Waals surface area (Å²) >= 11 is 8.74. The fraction of sp³-hybridized carbons (Fsp3) is 0.231. The second-order valence-electron chi connectivity index (χ2n) is 4.03. The van der Waals surface area contributed by atoms with Crippen LogP contribution < -0.4 is 0 Å². The van der Waals surface area contributed by atoms with Crippen molar-refractivity contribution in [3.05, 3.63) is 45.6 Å². The summed E-state index contributed by atoms with van der Waals surface area (Å²) in [6, 6.07) is 8.57. The normalized spacial score (nSPS) is 10.3. The Balaban J connectivity index is 2.14. The average molecular weight is 295 g/mol. The molecule has 1 aromatic heterocycles. The summed E-state index contributed by atoms with van der Waals surface area (Å²) < 4.78 is 4.89. The van der Waals surface area contributed by atoms with Crippen molar-refractivity contribution >= 4 is 34.9 Å². The van der Waals surface area contributed by atoms with E-state index in [1.54, 1.807) is 11.8 Å². The Morgan fingerprint density at radius 2 is 2.00 bits per heavy atom. The Bertz CT molecular complexity index is 594. The van der Waals surface area contributed by atoms with Gasteiger partial charge in [-0.2, -0.15) is 9.64 Å². The van der Waals surface area contributed by atoms with Gasteiger partial charge in [-0.3, -0.25) is 0 Å². The molecule has 0 atom stereocenters. The smallest absolute Gasteiger partial charge is 0.161 e. The number of nitriles is 1. The maximum absolute atomic E-state index is 8.99. The van der Waals surface area contributed by atoms with E-state index in [9.17, 15) is 0 Å². The summed E-state index contributed by atoms with van der Waals surface area (Å²) in [5.74, 6) is 0.829. The predicted molar refractivity (Wildman–Crippen MR) is 77.3 cm³/mol. The molecule has 0 aliphatic heterocycles. The number of hydrogen-bond acceptors (Lipinski definition) is 4. The lowest BCUT2D eigenvalue weighted by atomic mass is 10.1. The fourth-order valence-electron chi connectivity index (χ4n) is 1.75. The summed E-state index contributed by atoms with van der Waals surface area (Å²) in [4.78, 5) is 0. The molecule has 0 saturated heterocycles. The third-order valence-electron chi connectivity index (χ3n) is 2.38. The van der Waals surface area contributed by atoms with E-state index < -0.39 is 0 Å². The van der Waals surface area contributed by atoms with Gasteiger partial charge in [-0.1, -0.05) is 40.9 Å². The highest BCUT2D eigenvalue weighted by atomic mass is 35.5. The van der Waals surface area contributed by atoms with Crippen molar-refractivity contribution in [1.29, 1.82) is 5.26 Å². The SMILES string of the molecule is Cc1cc(C)cc(CSc2snc(Cl)c2C#N)c1. The second kappa shape index (κ2) is 5.75. The molecule has 5 heteroatoms. The summed E-state index contributed by atoms with van der Waals surface area (Å²) in [5.41, 5.74) is 4.27. The first kappa shape index (κ1) is 13.4. The first-order valence-electron chi connectivity index (χ1n) is 5.35. The first-order chi connectivity index (χ1) is 8.60. The van der Waals surface area contributed by atoms with Crippen LogP contribution in [-0.4, -0.2) is 4.37 Å². The molecule has 18 heavy (non-hydrogen) atoms. The van der Waals surface area contributed by atoms with E-state index in [1.165, 1.54) is 28.2 Å². The molecular weight excluding hydrogens is 284 g/mol. The van der Waals surface area contributed by atoms with Crippen LogP contribution in [0.4, 0.5) is 0 Å². The van der Waals surface area contributed by atoms with E-state index in [0.29, 0.717) is 10.7 Å². The number of thioether (sulfide) groups is 1. The molecule has 2 rings (SSSR count). The molecule has 0 unspecified atom stereocenters. The van der Waals surface area contributed by atoms with Crippen molar-refractivity contribution in [3.63, 3.8) is 0 Å². The zero-order valence-electron chi connectivity index (χ0n) is 10.0. The zero-order chi connectivity index (χ0) is 13.1. The van der Waals surface area contributed by atoms with Gasteiger partial charge in [0.15, 0.2) is 5.15 Å². The molecule has 0 aliphatic rings. The number of aromatic nitrogens is 1. The quantitative estimate of drug-likeness (QED) is 0.778. The minimum absolute atomic E-state index is 0.311. The van der Waals surface area contributed by atoms with Crippen LogP contribution in [-0.2, 0) is 5.75 Å².